The highest BCUT2D eigenvalue weighted by Crippen LogP contribution is 2.30. The van der Waals surface area contributed by atoms with Crippen LogP contribution < -0.4 is 5.32 Å². The molecule has 1 aromatic carbocycles. The molecule has 1 N–H and O–H groups in total. The number of alkyl halides is 3. The summed E-state index contributed by atoms with van der Waals surface area (Å²) in [7, 11) is 2.07. The molecule has 0 spiro atoms. The first kappa shape index (κ1) is 18.8. The van der Waals surface area contributed by atoms with E-state index in [0.29, 0.717) is 24.4 Å². The molecule has 1 saturated heterocycles. The van der Waals surface area contributed by atoms with E-state index in [9.17, 15) is 18.0 Å². The normalized spacial score (nSPS) is 20.6. The van der Waals surface area contributed by atoms with Gasteiger partial charge in [-0.2, -0.15) is 13.2 Å². The third-order valence-corrected chi connectivity index (χ3v) is 4.53. The predicted molar refractivity (Wildman–Crippen MR) is 87.5 cm³/mol. The van der Waals surface area contributed by atoms with Crippen molar-refractivity contribution in [2.45, 2.75) is 32.4 Å². The topological polar surface area (TPSA) is 32.3 Å². The summed E-state index contributed by atoms with van der Waals surface area (Å²) in [4.78, 5) is 14.5. The molecule has 1 aliphatic rings. The molecular formula is C18H25F3N2O. The van der Waals surface area contributed by atoms with E-state index in [1.54, 1.807) is 13.0 Å². The average molecular weight is 342 g/mol. The Morgan fingerprint density at radius 2 is 2.17 bits per heavy atom. The predicted octanol–water partition coefficient (Wildman–Crippen LogP) is 3.34. The monoisotopic (exact) mass is 342 g/mol. The molecule has 2 atom stereocenters. The molecule has 2 unspecified atom stereocenters. The van der Waals surface area contributed by atoms with Crippen molar-refractivity contribution in [2.24, 2.45) is 11.8 Å². The highest BCUT2D eigenvalue weighted by Gasteiger charge is 2.30. The molecule has 1 aromatic rings. The number of hydrogen-bond acceptors (Lipinski definition) is 2. The molecule has 134 valence electrons. The summed E-state index contributed by atoms with van der Waals surface area (Å²) >= 11 is 0. The van der Waals surface area contributed by atoms with Gasteiger partial charge in [0.2, 0.25) is 5.91 Å². The molecule has 1 heterocycles. The summed E-state index contributed by atoms with van der Waals surface area (Å²) in [6, 6.07) is 5.20. The summed E-state index contributed by atoms with van der Waals surface area (Å²) in [6.45, 7) is 4.46. The second-order valence-electron chi connectivity index (χ2n) is 6.82. The van der Waals surface area contributed by atoms with Crippen LogP contribution in [0.5, 0.6) is 0 Å². The Morgan fingerprint density at radius 1 is 1.42 bits per heavy atom. The number of amides is 1. The lowest BCUT2D eigenvalue weighted by atomic mass is 9.96. The number of benzene rings is 1. The highest BCUT2D eigenvalue weighted by atomic mass is 19.4. The minimum absolute atomic E-state index is 0.0966. The molecule has 0 aromatic heterocycles. The maximum atomic E-state index is 12.7. The number of carbonyl (C=O) groups excluding carboxylic acids is 1. The minimum atomic E-state index is -4.35. The summed E-state index contributed by atoms with van der Waals surface area (Å²) in [5, 5.41) is 2.95. The van der Waals surface area contributed by atoms with Gasteiger partial charge in [-0.15, -0.1) is 0 Å². The van der Waals surface area contributed by atoms with E-state index in [4.69, 9.17) is 0 Å². The Labute approximate surface area is 141 Å². The van der Waals surface area contributed by atoms with Crippen molar-refractivity contribution in [2.75, 3.05) is 26.7 Å². The summed E-state index contributed by atoms with van der Waals surface area (Å²) < 4.78 is 38.2. The van der Waals surface area contributed by atoms with Crippen LogP contribution in [-0.4, -0.2) is 37.5 Å². The number of nitrogens with one attached hydrogen (secondary N) is 1. The lowest BCUT2D eigenvalue weighted by Gasteiger charge is -2.30. The SMILES string of the molecule is CC(Cc1cccc(C(F)(F)F)c1)C(=O)NCC1CCCN(C)C1. The number of rotatable bonds is 5. The van der Waals surface area contributed by atoms with Crippen LogP contribution in [0.15, 0.2) is 24.3 Å². The van der Waals surface area contributed by atoms with Gasteiger partial charge in [-0.3, -0.25) is 4.79 Å². The Morgan fingerprint density at radius 3 is 2.83 bits per heavy atom. The van der Waals surface area contributed by atoms with Crippen LogP contribution >= 0.6 is 0 Å². The molecule has 0 bridgehead atoms. The average Bonchev–Trinajstić information content (AvgIpc) is 2.52. The van der Waals surface area contributed by atoms with Gasteiger partial charge in [0.05, 0.1) is 5.56 Å². The number of hydrogen-bond donors (Lipinski definition) is 1. The van der Waals surface area contributed by atoms with Gasteiger partial charge in [0.1, 0.15) is 0 Å². The molecule has 24 heavy (non-hydrogen) atoms. The smallest absolute Gasteiger partial charge is 0.356 e. The molecule has 2 rings (SSSR count). The molecule has 0 radical (unpaired) electrons. The first-order chi connectivity index (χ1) is 11.3. The second kappa shape index (κ2) is 8.01. The van der Waals surface area contributed by atoms with Crippen molar-refractivity contribution < 1.29 is 18.0 Å². The number of piperidine rings is 1. The maximum Gasteiger partial charge on any atom is 0.416 e. The zero-order valence-electron chi connectivity index (χ0n) is 14.2. The molecule has 6 heteroatoms. The number of likely N-dealkylation sites (tertiary alicyclic amines) is 1. The van der Waals surface area contributed by atoms with Gasteiger partial charge in [0.15, 0.2) is 0 Å². The Balaban J connectivity index is 1.85. The quantitative estimate of drug-likeness (QED) is 0.890. The molecule has 0 aliphatic carbocycles. The fraction of sp³-hybridized carbons (Fsp3) is 0.611. The molecule has 1 fully saturated rings. The van der Waals surface area contributed by atoms with Crippen molar-refractivity contribution in [3.05, 3.63) is 35.4 Å². The van der Waals surface area contributed by atoms with Gasteiger partial charge in [-0.25, -0.2) is 0 Å². The molecule has 1 aliphatic heterocycles. The molecule has 3 nitrogen and oxygen atoms in total. The largest absolute Gasteiger partial charge is 0.416 e. The third-order valence-electron chi connectivity index (χ3n) is 4.53. The first-order valence-electron chi connectivity index (χ1n) is 8.38. The minimum Gasteiger partial charge on any atom is -0.356 e. The zero-order chi connectivity index (χ0) is 17.7. The zero-order valence-corrected chi connectivity index (χ0v) is 14.2. The fourth-order valence-corrected chi connectivity index (χ4v) is 3.18. The number of halogens is 3. The van der Waals surface area contributed by atoms with Gasteiger partial charge < -0.3 is 10.2 Å². The Bertz CT molecular complexity index is 559. The summed E-state index contributed by atoms with van der Waals surface area (Å²) in [5.41, 5.74) is -0.136. The van der Waals surface area contributed by atoms with Gasteiger partial charge in [0, 0.05) is 19.0 Å². The van der Waals surface area contributed by atoms with Crippen molar-refractivity contribution >= 4 is 5.91 Å². The first-order valence-corrected chi connectivity index (χ1v) is 8.38. The van der Waals surface area contributed by atoms with Gasteiger partial charge in [0.25, 0.3) is 0 Å². The van der Waals surface area contributed by atoms with Crippen LogP contribution in [0.4, 0.5) is 13.2 Å². The molecule has 0 saturated carbocycles. The van der Waals surface area contributed by atoms with Crippen molar-refractivity contribution in [3.8, 4) is 0 Å². The third kappa shape index (κ3) is 5.51. The van der Waals surface area contributed by atoms with Crippen LogP contribution in [0.3, 0.4) is 0 Å². The van der Waals surface area contributed by atoms with E-state index in [0.717, 1.165) is 38.1 Å². The van der Waals surface area contributed by atoms with Crippen molar-refractivity contribution in [1.29, 1.82) is 0 Å². The molecule has 1 amide bonds. The van der Waals surface area contributed by atoms with E-state index in [1.165, 1.54) is 6.07 Å². The maximum absolute atomic E-state index is 12.7. The number of carbonyl (C=O) groups is 1. The Kier molecular flexibility index (Phi) is 6.27. The van der Waals surface area contributed by atoms with Crippen LogP contribution in [-0.2, 0) is 17.4 Å². The van der Waals surface area contributed by atoms with E-state index in [-0.39, 0.29) is 11.8 Å². The van der Waals surface area contributed by atoms with Crippen molar-refractivity contribution in [1.82, 2.24) is 10.2 Å². The van der Waals surface area contributed by atoms with Crippen LogP contribution in [0.25, 0.3) is 0 Å². The van der Waals surface area contributed by atoms with E-state index >= 15 is 0 Å². The highest BCUT2D eigenvalue weighted by molar-refractivity contribution is 5.78. The number of nitrogens with zero attached hydrogens (tertiary/aromatic N) is 1. The van der Waals surface area contributed by atoms with Gasteiger partial charge in [-0.1, -0.05) is 25.1 Å². The summed E-state index contributed by atoms with van der Waals surface area (Å²) in [5.74, 6) is 0.00361. The standard InChI is InChI=1S/C18H25F3N2O/c1-13(9-14-5-3-7-16(10-14)18(19,20)21)17(24)22-11-15-6-4-8-23(2)12-15/h3,5,7,10,13,15H,4,6,8-9,11-12H2,1-2H3,(H,22,24). The van der Waals surface area contributed by atoms with Gasteiger partial charge >= 0.3 is 6.18 Å². The second-order valence-corrected chi connectivity index (χ2v) is 6.82. The fourth-order valence-electron chi connectivity index (χ4n) is 3.18. The summed E-state index contributed by atoms with van der Waals surface area (Å²) in [6.07, 6.45) is -1.81. The molecular weight excluding hydrogens is 317 g/mol. The van der Waals surface area contributed by atoms with Crippen LogP contribution in [0.1, 0.15) is 30.9 Å². The van der Waals surface area contributed by atoms with Crippen LogP contribution in [0, 0.1) is 11.8 Å². The van der Waals surface area contributed by atoms with E-state index < -0.39 is 11.7 Å². The van der Waals surface area contributed by atoms with Crippen LogP contribution in [0.2, 0.25) is 0 Å². The van der Waals surface area contributed by atoms with Gasteiger partial charge in [-0.05, 0) is 50.4 Å². The lowest BCUT2D eigenvalue weighted by Crippen LogP contribution is -2.40. The van der Waals surface area contributed by atoms with Crippen molar-refractivity contribution in [3.63, 3.8) is 0 Å². The Hall–Kier alpha value is -1.56. The van der Waals surface area contributed by atoms with E-state index in [1.807, 2.05) is 0 Å². The van der Waals surface area contributed by atoms with E-state index in [2.05, 4.69) is 17.3 Å². The lowest BCUT2D eigenvalue weighted by molar-refractivity contribution is -0.137.